The topological polar surface area (TPSA) is 94.2 Å². The number of benzene rings is 4. The fraction of sp³-hybridized carbons (Fsp3) is 0.129. The van der Waals surface area contributed by atoms with Gasteiger partial charge in [-0.1, -0.05) is 60.7 Å². The molecular weight excluding hydrogens is 496 g/mol. The second kappa shape index (κ2) is 12.9. The average Bonchev–Trinajstić information content (AvgIpc) is 2.99. The van der Waals surface area contributed by atoms with Gasteiger partial charge in [-0.15, -0.1) is 0 Å². The van der Waals surface area contributed by atoms with E-state index in [0.717, 1.165) is 16.9 Å². The predicted molar refractivity (Wildman–Crippen MR) is 147 cm³/mol. The summed E-state index contributed by atoms with van der Waals surface area (Å²) in [6.07, 6.45) is 0. The molecule has 0 aromatic heterocycles. The lowest BCUT2D eigenvalue weighted by Gasteiger charge is -2.24. The van der Waals surface area contributed by atoms with E-state index in [4.69, 9.17) is 14.2 Å². The highest BCUT2D eigenvalue weighted by Crippen LogP contribution is 2.24. The maximum atomic E-state index is 13.5. The Balaban J connectivity index is 1.56. The number of hydrogen-bond acceptors (Lipinski definition) is 6. The first-order valence-corrected chi connectivity index (χ1v) is 12.2. The molecule has 0 atom stereocenters. The molecule has 8 heteroatoms. The smallest absolute Gasteiger partial charge is 0.337 e. The van der Waals surface area contributed by atoms with E-state index in [1.54, 1.807) is 0 Å². The Morgan fingerprint density at radius 2 is 1.21 bits per heavy atom. The van der Waals surface area contributed by atoms with Crippen molar-refractivity contribution >= 4 is 23.7 Å². The zero-order chi connectivity index (χ0) is 27.6. The SMILES string of the molecule is COC(=O)c1cc(C(=O)OC)cc(N(Cc2ccccc2)C(=O)NCc2ccc(Oc3ccccc3)cc2)c1. The van der Waals surface area contributed by atoms with Crippen molar-refractivity contribution < 1.29 is 28.6 Å². The van der Waals surface area contributed by atoms with Gasteiger partial charge in [0.15, 0.2) is 0 Å². The van der Waals surface area contributed by atoms with Crippen molar-refractivity contribution in [3.05, 3.63) is 125 Å². The zero-order valence-corrected chi connectivity index (χ0v) is 21.6. The van der Waals surface area contributed by atoms with Crippen molar-refractivity contribution in [1.29, 1.82) is 0 Å². The molecule has 4 rings (SSSR count). The number of amides is 2. The number of nitrogens with zero attached hydrogens (tertiary/aromatic N) is 1. The molecule has 8 nitrogen and oxygen atoms in total. The number of ether oxygens (including phenoxy) is 3. The molecule has 4 aromatic carbocycles. The third-order valence-corrected chi connectivity index (χ3v) is 5.85. The largest absolute Gasteiger partial charge is 0.465 e. The number of nitrogens with one attached hydrogen (secondary N) is 1. The van der Waals surface area contributed by atoms with Gasteiger partial charge in [0, 0.05) is 12.2 Å². The van der Waals surface area contributed by atoms with E-state index in [9.17, 15) is 14.4 Å². The summed E-state index contributed by atoms with van der Waals surface area (Å²) in [7, 11) is 2.49. The van der Waals surface area contributed by atoms with Gasteiger partial charge < -0.3 is 19.5 Å². The highest BCUT2D eigenvalue weighted by molar-refractivity contribution is 6.00. The molecule has 0 aliphatic carbocycles. The molecule has 39 heavy (non-hydrogen) atoms. The lowest BCUT2D eigenvalue weighted by molar-refractivity contribution is 0.0599. The van der Waals surface area contributed by atoms with E-state index >= 15 is 0 Å². The third kappa shape index (κ3) is 7.23. The molecule has 0 aliphatic rings. The minimum Gasteiger partial charge on any atom is -0.465 e. The summed E-state index contributed by atoms with van der Waals surface area (Å²) in [4.78, 5) is 39.6. The van der Waals surface area contributed by atoms with E-state index in [-0.39, 0.29) is 24.2 Å². The molecule has 1 N–H and O–H groups in total. The van der Waals surface area contributed by atoms with Gasteiger partial charge in [-0.2, -0.15) is 0 Å². The van der Waals surface area contributed by atoms with Crippen molar-refractivity contribution in [2.75, 3.05) is 19.1 Å². The van der Waals surface area contributed by atoms with Crippen LogP contribution in [0.5, 0.6) is 11.5 Å². The highest BCUT2D eigenvalue weighted by atomic mass is 16.5. The quantitative estimate of drug-likeness (QED) is 0.271. The fourth-order valence-corrected chi connectivity index (χ4v) is 3.86. The van der Waals surface area contributed by atoms with Crippen LogP contribution < -0.4 is 15.0 Å². The van der Waals surface area contributed by atoms with Gasteiger partial charge in [0.25, 0.3) is 0 Å². The van der Waals surface area contributed by atoms with Crippen molar-refractivity contribution in [2.24, 2.45) is 0 Å². The number of rotatable bonds is 9. The summed E-state index contributed by atoms with van der Waals surface area (Å²) in [5.74, 6) is 0.132. The van der Waals surface area contributed by atoms with E-state index in [1.807, 2.05) is 84.9 Å². The first-order chi connectivity index (χ1) is 19.0. The fourth-order valence-electron chi connectivity index (χ4n) is 3.86. The molecule has 0 radical (unpaired) electrons. The minimum atomic E-state index is -0.639. The standard InChI is InChI=1S/C31H28N2O6/c1-37-29(34)24-17-25(30(35)38-2)19-26(18-24)33(21-23-9-5-3-6-10-23)31(36)32-20-22-13-15-28(16-14-22)39-27-11-7-4-8-12-27/h3-19H,20-21H2,1-2H3,(H,32,36). The van der Waals surface area contributed by atoms with Crippen molar-refractivity contribution in [1.82, 2.24) is 5.32 Å². The Hall–Kier alpha value is -5.11. The van der Waals surface area contributed by atoms with Crippen LogP contribution in [0.4, 0.5) is 10.5 Å². The number of carbonyl (C=O) groups excluding carboxylic acids is 3. The summed E-state index contributed by atoms with van der Waals surface area (Å²) < 4.78 is 15.5. The van der Waals surface area contributed by atoms with Crippen LogP contribution in [0.3, 0.4) is 0 Å². The van der Waals surface area contributed by atoms with Gasteiger partial charge in [0.05, 0.1) is 31.9 Å². The number of esters is 2. The molecule has 198 valence electrons. The molecular formula is C31H28N2O6. The van der Waals surface area contributed by atoms with Crippen LogP contribution >= 0.6 is 0 Å². The van der Waals surface area contributed by atoms with Crippen LogP contribution in [0.1, 0.15) is 31.8 Å². The van der Waals surface area contributed by atoms with Gasteiger partial charge in [0.1, 0.15) is 11.5 Å². The van der Waals surface area contributed by atoms with Crippen molar-refractivity contribution in [3.8, 4) is 11.5 Å². The van der Waals surface area contributed by atoms with E-state index in [0.29, 0.717) is 11.4 Å². The Kier molecular flexibility index (Phi) is 8.92. The van der Waals surface area contributed by atoms with Crippen LogP contribution in [0.15, 0.2) is 103 Å². The second-order valence-electron chi connectivity index (χ2n) is 8.54. The molecule has 0 unspecified atom stereocenters. The maximum absolute atomic E-state index is 13.5. The predicted octanol–water partition coefficient (Wildman–Crippen LogP) is 5.97. The highest BCUT2D eigenvalue weighted by Gasteiger charge is 2.21. The number of anilines is 1. The Bertz CT molecular complexity index is 1390. The van der Waals surface area contributed by atoms with Crippen LogP contribution in [0.2, 0.25) is 0 Å². The zero-order valence-electron chi connectivity index (χ0n) is 21.6. The van der Waals surface area contributed by atoms with Crippen LogP contribution in [0.25, 0.3) is 0 Å². The number of urea groups is 1. The molecule has 0 spiro atoms. The molecule has 0 aliphatic heterocycles. The Morgan fingerprint density at radius 1 is 0.667 bits per heavy atom. The average molecular weight is 525 g/mol. The minimum absolute atomic E-state index is 0.121. The number of methoxy groups -OCH3 is 2. The summed E-state index contributed by atoms with van der Waals surface area (Å²) in [5, 5.41) is 2.93. The van der Waals surface area contributed by atoms with E-state index in [1.165, 1.54) is 37.3 Å². The number of para-hydroxylation sites is 1. The van der Waals surface area contributed by atoms with Crippen molar-refractivity contribution in [3.63, 3.8) is 0 Å². The van der Waals surface area contributed by atoms with Gasteiger partial charge in [0.2, 0.25) is 0 Å². The Morgan fingerprint density at radius 3 is 1.77 bits per heavy atom. The number of carbonyl (C=O) groups is 3. The lowest BCUT2D eigenvalue weighted by atomic mass is 10.1. The first kappa shape index (κ1) is 26.9. The summed E-state index contributed by atoms with van der Waals surface area (Å²) in [6, 6.07) is 30.2. The van der Waals surface area contributed by atoms with E-state index in [2.05, 4.69) is 5.32 Å². The first-order valence-electron chi connectivity index (χ1n) is 12.2. The van der Waals surface area contributed by atoms with Crippen LogP contribution in [0, 0.1) is 0 Å². The van der Waals surface area contributed by atoms with Crippen LogP contribution in [-0.2, 0) is 22.6 Å². The molecule has 4 aromatic rings. The van der Waals surface area contributed by atoms with Crippen LogP contribution in [-0.4, -0.2) is 32.2 Å². The van der Waals surface area contributed by atoms with Gasteiger partial charge in [-0.05, 0) is 53.6 Å². The molecule has 0 fully saturated rings. The van der Waals surface area contributed by atoms with E-state index < -0.39 is 18.0 Å². The van der Waals surface area contributed by atoms with Gasteiger partial charge >= 0.3 is 18.0 Å². The van der Waals surface area contributed by atoms with Gasteiger partial charge in [-0.25, -0.2) is 14.4 Å². The molecule has 0 bridgehead atoms. The summed E-state index contributed by atoms with van der Waals surface area (Å²) in [6.45, 7) is 0.443. The number of hydrogen-bond donors (Lipinski definition) is 1. The lowest BCUT2D eigenvalue weighted by Crippen LogP contribution is -2.39. The molecule has 0 heterocycles. The molecule has 0 saturated heterocycles. The maximum Gasteiger partial charge on any atom is 0.337 e. The third-order valence-electron chi connectivity index (χ3n) is 5.85. The summed E-state index contributed by atoms with van der Waals surface area (Å²) >= 11 is 0. The molecule has 2 amide bonds. The monoisotopic (exact) mass is 524 g/mol. The Labute approximate surface area is 226 Å². The van der Waals surface area contributed by atoms with Crippen molar-refractivity contribution in [2.45, 2.75) is 13.1 Å². The van der Waals surface area contributed by atoms with Gasteiger partial charge in [-0.3, -0.25) is 4.90 Å². The summed E-state index contributed by atoms with van der Waals surface area (Å²) in [5.41, 5.74) is 2.30. The second-order valence-corrected chi connectivity index (χ2v) is 8.54. The normalized spacial score (nSPS) is 10.3. The molecule has 0 saturated carbocycles.